The molecule has 3 unspecified atom stereocenters. The summed E-state index contributed by atoms with van der Waals surface area (Å²) in [4.78, 5) is 24.1. The quantitative estimate of drug-likeness (QED) is 0.703. The van der Waals surface area contributed by atoms with Crippen molar-refractivity contribution in [3.05, 3.63) is 0 Å². The molecule has 94 valence electrons. The highest BCUT2D eigenvalue weighted by Crippen LogP contribution is 2.11. The van der Waals surface area contributed by atoms with Crippen LogP contribution in [-0.2, 0) is 9.59 Å². The molecule has 0 aliphatic heterocycles. The Balaban J connectivity index is 4.75. The summed E-state index contributed by atoms with van der Waals surface area (Å²) in [5.74, 6) is -1.54. The minimum atomic E-state index is -0.995. The minimum Gasteiger partial charge on any atom is -0.480 e. The van der Waals surface area contributed by atoms with E-state index in [2.05, 4.69) is 0 Å². The van der Waals surface area contributed by atoms with Crippen LogP contribution in [0, 0.1) is 5.92 Å². The molecule has 0 saturated carbocycles. The zero-order valence-corrected chi connectivity index (χ0v) is 10.4. The lowest BCUT2D eigenvalue weighted by Crippen LogP contribution is -2.47. The van der Waals surface area contributed by atoms with Gasteiger partial charge in [0, 0.05) is 12.1 Å². The number of aliphatic carboxylic acids is 1. The van der Waals surface area contributed by atoms with Crippen LogP contribution < -0.4 is 5.73 Å². The van der Waals surface area contributed by atoms with E-state index in [0.29, 0.717) is 0 Å². The fraction of sp³-hybridized carbons (Fsp3) is 0.818. The number of hydrogen-bond acceptors (Lipinski definition) is 3. The van der Waals surface area contributed by atoms with E-state index in [0.717, 1.165) is 6.42 Å². The first kappa shape index (κ1) is 14.9. The third kappa shape index (κ3) is 4.18. The Morgan fingerprint density at radius 2 is 1.81 bits per heavy atom. The highest BCUT2D eigenvalue weighted by Gasteiger charge is 2.27. The molecule has 0 rings (SSSR count). The van der Waals surface area contributed by atoms with Crippen LogP contribution in [0.2, 0.25) is 0 Å². The normalized spacial score (nSPS) is 16.3. The molecule has 0 spiro atoms. The van der Waals surface area contributed by atoms with Gasteiger partial charge < -0.3 is 15.7 Å². The van der Waals surface area contributed by atoms with Crippen molar-refractivity contribution in [1.82, 2.24) is 4.90 Å². The maximum atomic E-state index is 12.0. The van der Waals surface area contributed by atoms with Gasteiger partial charge in [0.15, 0.2) is 0 Å². The van der Waals surface area contributed by atoms with Gasteiger partial charge in [-0.15, -0.1) is 0 Å². The summed E-state index contributed by atoms with van der Waals surface area (Å²) in [6.45, 7) is 6.98. The Morgan fingerprint density at radius 3 is 2.12 bits per heavy atom. The fourth-order valence-electron chi connectivity index (χ4n) is 1.30. The smallest absolute Gasteiger partial charge is 0.323 e. The molecule has 1 amide bonds. The van der Waals surface area contributed by atoms with Gasteiger partial charge in [0.25, 0.3) is 0 Å². The third-order valence-corrected chi connectivity index (χ3v) is 2.89. The molecule has 16 heavy (non-hydrogen) atoms. The summed E-state index contributed by atoms with van der Waals surface area (Å²) in [6.07, 6.45) is 0.727. The van der Waals surface area contributed by atoms with Crippen molar-refractivity contribution in [3.63, 3.8) is 0 Å². The summed E-state index contributed by atoms with van der Waals surface area (Å²) in [6, 6.07) is -0.349. The van der Waals surface area contributed by atoms with Crippen LogP contribution in [0.15, 0.2) is 0 Å². The SMILES string of the molecule is CCC(C)N(CC(=O)O)C(=O)C(C)C(C)N. The van der Waals surface area contributed by atoms with Crippen molar-refractivity contribution in [2.24, 2.45) is 11.7 Å². The summed E-state index contributed by atoms with van der Waals surface area (Å²) in [5, 5.41) is 8.77. The van der Waals surface area contributed by atoms with E-state index >= 15 is 0 Å². The van der Waals surface area contributed by atoms with Gasteiger partial charge in [-0.25, -0.2) is 0 Å². The topological polar surface area (TPSA) is 83.6 Å². The maximum Gasteiger partial charge on any atom is 0.323 e. The molecule has 0 fully saturated rings. The van der Waals surface area contributed by atoms with Crippen molar-refractivity contribution in [2.75, 3.05) is 6.54 Å². The first-order valence-corrected chi connectivity index (χ1v) is 5.59. The Labute approximate surface area is 96.6 Å². The Kier molecular flexibility index (Phi) is 6.03. The third-order valence-electron chi connectivity index (χ3n) is 2.89. The maximum absolute atomic E-state index is 12.0. The Morgan fingerprint density at radius 1 is 1.31 bits per heavy atom. The average Bonchev–Trinajstić information content (AvgIpc) is 2.22. The number of rotatable bonds is 6. The van der Waals surface area contributed by atoms with Crippen LogP contribution in [0.5, 0.6) is 0 Å². The molecule has 5 nitrogen and oxygen atoms in total. The van der Waals surface area contributed by atoms with E-state index in [4.69, 9.17) is 10.8 Å². The number of amides is 1. The average molecular weight is 230 g/mol. The number of carbonyl (C=O) groups excluding carboxylic acids is 1. The van der Waals surface area contributed by atoms with E-state index in [1.54, 1.807) is 13.8 Å². The summed E-state index contributed by atoms with van der Waals surface area (Å²) in [7, 11) is 0. The van der Waals surface area contributed by atoms with Crippen molar-refractivity contribution in [1.29, 1.82) is 0 Å². The van der Waals surface area contributed by atoms with Crippen molar-refractivity contribution >= 4 is 11.9 Å². The zero-order chi connectivity index (χ0) is 12.9. The molecule has 0 radical (unpaired) electrons. The standard InChI is InChI=1S/C11H22N2O3/c1-5-7(2)13(6-10(14)15)11(16)8(3)9(4)12/h7-9H,5-6,12H2,1-4H3,(H,14,15). The number of hydrogen-bond donors (Lipinski definition) is 2. The second kappa shape index (κ2) is 6.48. The molecule has 0 bridgehead atoms. The van der Waals surface area contributed by atoms with E-state index in [1.165, 1.54) is 4.90 Å². The molecular weight excluding hydrogens is 208 g/mol. The largest absolute Gasteiger partial charge is 0.480 e. The molecule has 0 aromatic rings. The van der Waals surface area contributed by atoms with E-state index in [9.17, 15) is 9.59 Å². The van der Waals surface area contributed by atoms with Crippen LogP contribution in [-0.4, -0.2) is 40.5 Å². The number of carbonyl (C=O) groups is 2. The molecule has 0 aliphatic carbocycles. The van der Waals surface area contributed by atoms with E-state index in [-0.39, 0.29) is 30.5 Å². The van der Waals surface area contributed by atoms with Crippen LogP contribution >= 0.6 is 0 Å². The number of carboxylic acid groups (broad SMARTS) is 1. The number of carboxylic acids is 1. The van der Waals surface area contributed by atoms with Crippen LogP contribution in [0.3, 0.4) is 0 Å². The van der Waals surface area contributed by atoms with Gasteiger partial charge in [0.05, 0.1) is 5.92 Å². The lowest BCUT2D eigenvalue weighted by molar-refractivity contribution is -0.148. The van der Waals surface area contributed by atoms with Gasteiger partial charge in [0.1, 0.15) is 6.54 Å². The second-order valence-electron chi connectivity index (χ2n) is 4.26. The zero-order valence-electron chi connectivity index (χ0n) is 10.4. The second-order valence-corrected chi connectivity index (χ2v) is 4.26. The van der Waals surface area contributed by atoms with Gasteiger partial charge in [0.2, 0.25) is 5.91 Å². The number of nitrogens with two attached hydrogens (primary N) is 1. The van der Waals surface area contributed by atoms with Gasteiger partial charge in [-0.2, -0.15) is 0 Å². The molecule has 0 aliphatic rings. The van der Waals surface area contributed by atoms with Gasteiger partial charge in [-0.05, 0) is 20.3 Å². The van der Waals surface area contributed by atoms with Crippen LogP contribution in [0.25, 0.3) is 0 Å². The van der Waals surface area contributed by atoms with Gasteiger partial charge in [-0.3, -0.25) is 9.59 Å². The monoisotopic (exact) mass is 230 g/mol. The van der Waals surface area contributed by atoms with Crippen LogP contribution in [0.4, 0.5) is 0 Å². The first-order chi connectivity index (χ1) is 7.31. The molecule has 0 aromatic carbocycles. The lowest BCUT2D eigenvalue weighted by Gasteiger charge is -2.30. The molecule has 0 saturated heterocycles. The molecule has 0 heterocycles. The highest BCUT2D eigenvalue weighted by molar-refractivity contribution is 5.83. The summed E-state index contributed by atoms with van der Waals surface area (Å²) >= 11 is 0. The summed E-state index contributed by atoms with van der Waals surface area (Å²) in [5.41, 5.74) is 5.65. The lowest BCUT2D eigenvalue weighted by atomic mass is 10.0. The molecule has 0 aromatic heterocycles. The molecule has 5 heteroatoms. The highest BCUT2D eigenvalue weighted by atomic mass is 16.4. The van der Waals surface area contributed by atoms with Crippen molar-refractivity contribution < 1.29 is 14.7 Å². The van der Waals surface area contributed by atoms with Crippen LogP contribution in [0.1, 0.15) is 34.1 Å². The Hall–Kier alpha value is -1.10. The van der Waals surface area contributed by atoms with E-state index < -0.39 is 5.97 Å². The van der Waals surface area contributed by atoms with E-state index in [1.807, 2.05) is 13.8 Å². The summed E-state index contributed by atoms with van der Waals surface area (Å²) < 4.78 is 0. The van der Waals surface area contributed by atoms with Gasteiger partial charge in [-0.1, -0.05) is 13.8 Å². The predicted octanol–water partition coefficient (Wildman–Crippen LogP) is 0.681. The van der Waals surface area contributed by atoms with Gasteiger partial charge >= 0.3 is 5.97 Å². The number of nitrogens with zero attached hydrogens (tertiary/aromatic N) is 1. The first-order valence-electron chi connectivity index (χ1n) is 5.59. The predicted molar refractivity (Wildman–Crippen MR) is 61.9 cm³/mol. The Bertz CT molecular complexity index is 254. The molecular formula is C11H22N2O3. The molecule has 3 N–H and O–H groups in total. The fourth-order valence-corrected chi connectivity index (χ4v) is 1.30. The van der Waals surface area contributed by atoms with Crippen molar-refractivity contribution in [2.45, 2.75) is 46.2 Å². The van der Waals surface area contributed by atoms with Crippen molar-refractivity contribution in [3.8, 4) is 0 Å². The minimum absolute atomic E-state index is 0.0789. The molecule has 3 atom stereocenters.